The number of thiazole rings is 1. The molecular weight excluding hydrogens is 222 g/mol. The number of nitrogens with zero attached hydrogens (tertiary/aromatic N) is 3. The number of aromatic nitrogens is 3. The summed E-state index contributed by atoms with van der Waals surface area (Å²) in [5.74, 6) is 0. The Bertz CT molecular complexity index is 450. The fraction of sp³-hybridized carbons (Fsp3) is 0.455. The van der Waals surface area contributed by atoms with E-state index in [0.29, 0.717) is 6.42 Å². The van der Waals surface area contributed by atoms with E-state index >= 15 is 0 Å². The van der Waals surface area contributed by atoms with E-state index in [1.807, 2.05) is 30.0 Å². The number of hydrogen-bond donors (Lipinski definition) is 1. The maximum absolute atomic E-state index is 10.00. The molecule has 0 aromatic carbocycles. The average Bonchev–Trinajstić information content (AvgIpc) is 2.87. The Morgan fingerprint density at radius 2 is 2.38 bits per heavy atom. The lowest BCUT2D eigenvalue weighted by Crippen LogP contribution is -2.08. The summed E-state index contributed by atoms with van der Waals surface area (Å²) < 4.78 is 1.92. The first kappa shape index (κ1) is 11.3. The summed E-state index contributed by atoms with van der Waals surface area (Å²) in [6.07, 6.45) is 0.0333. The molecule has 0 aliphatic rings. The minimum atomic E-state index is -0.535. The van der Waals surface area contributed by atoms with E-state index in [4.69, 9.17) is 0 Å². The van der Waals surface area contributed by atoms with Gasteiger partial charge in [-0.2, -0.15) is 5.10 Å². The van der Waals surface area contributed by atoms with Gasteiger partial charge in [-0.05, 0) is 19.9 Å². The second kappa shape index (κ2) is 4.76. The fourth-order valence-corrected chi connectivity index (χ4v) is 2.33. The highest BCUT2D eigenvalue weighted by atomic mass is 32.1. The highest BCUT2D eigenvalue weighted by molar-refractivity contribution is 7.07. The third-order valence-electron chi connectivity index (χ3n) is 2.48. The molecule has 0 bridgehead atoms. The van der Waals surface area contributed by atoms with Gasteiger partial charge in [0.15, 0.2) is 0 Å². The molecule has 0 saturated carbocycles. The number of aliphatic hydroxyl groups is 1. The monoisotopic (exact) mass is 237 g/mol. The van der Waals surface area contributed by atoms with Gasteiger partial charge in [-0.1, -0.05) is 0 Å². The van der Waals surface area contributed by atoms with Crippen LogP contribution in [0.3, 0.4) is 0 Å². The third-order valence-corrected chi connectivity index (χ3v) is 3.09. The summed E-state index contributed by atoms with van der Waals surface area (Å²) in [7, 11) is 0. The zero-order valence-electron chi connectivity index (χ0n) is 9.42. The lowest BCUT2D eigenvalue weighted by Gasteiger charge is -2.08. The zero-order valence-corrected chi connectivity index (χ0v) is 10.2. The van der Waals surface area contributed by atoms with Gasteiger partial charge in [0.25, 0.3) is 0 Å². The summed E-state index contributed by atoms with van der Waals surface area (Å²) in [5.41, 5.74) is 4.52. The highest BCUT2D eigenvalue weighted by Gasteiger charge is 2.13. The number of aryl methyl sites for hydroxylation is 2. The van der Waals surface area contributed by atoms with Gasteiger partial charge in [-0.15, -0.1) is 11.3 Å². The first-order valence-corrected chi connectivity index (χ1v) is 6.24. The van der Waals surface area contributed by atoms with E-state index in [-0.39, 0.29) is 0 Å². The zero-order chi connectivity index (χ0) is 11.5. The molecule has 0 aliphatic carbocycles. The van der Waals surface area contributed by atoms with Gasteiger partial charge >= 0.3 is 0 Å². The predicted octanol–water partition coefficient (Wildman–Crippen LogP) is 1.94. The quantitative estimate of drug-likeness (QED) is 0.884. The van der Waals surface area contributed by atoms with Crippen molar-refractivity contribution in [2.45, 2.75) is 32.9 Å². The van der Waals surface area contributed by atoms with Crippen LogP contribution in [0.5, 0.6) is 0 Å². The molecule has 4 nitrogen and oxygen atoms in total. The Morgan fingerprint density at radius 1 is 1.56 bits per heavy atom. The molecule has 0 amide bonds. The summed E-state index contributed by atoms with van der Waals surface area (Å²) in [4.78, 5) is 4.11. The first-order chi connectivity index (χ1) is 7.70. The van der Waals surface area contributed by atoms with Crippen LogP contribution in [0.15, 0.2) is 17.0 Å². The minimum Gasteiger partial charge on any atom is -0.386 e. The number of hydrogen-bond acceptors (Lipinski definition) is 4. The van der Waals surface area contributed by atoms with Crippen LogP contribution in [0.4, 0.5) is 0 Å². The molecule has 2 heterocycles. The maximum atomic E-state index is 10.00. The van der Waals surface area contributed by atoms with Gasteiger partial charge in [0, 0.05) is 24.0 Å². The van der Waals surface area contributed by atoms with Crippen LogP contribution in [-0.4, -0.2) is 19.9 Å². The molecule has 0 fully saturated rings. The van der Waals surface area contributed by atoms with Crippen molar-refractivity contribution in [1.82, 2.24) is 14.8 Å². The largest absolute Gasteiger partial charge is 0.386 e. The predicted molar refractivity (Wildman–Crippen MR) is 63.4 cm³/mol. The van der Waals surface area contributed by atoms with E-state index in [1.54, 1.807) is 5.51 Å². The standard InChI is InChI=1S/C11H15N3OS/c1-3-14-9(4-8(2)13-14)5-11(15)10-6-16-7-12-10/h4,6-7,11,15H,3,5H2,1-2H3. The molecule has 0 spiro atoms. The van der Waals surface area contributed by atoms with Crippen LogP contribution in [0.25, 0.3) is 0 Å². The van der Waals surface area contributed by atoms with Crippen molar-refractivity contribution < 1.29 is 5.11 Å². The smallest absolute Gasteiger partial charge is 0.102 e. The minimum absolute atomic E-state index is 0.535. The van der Waals surface area contributed by atoms with Gasteiger partial charge in [0.05, 0.1) is 16.9 Å². The van der Waals surface area contributed by atoms with Gasteiger partial charge in [0.1, 0.15) is 6.10 Å². The van der Waals surface area contributed by atoms with Gasteiger partial charge < -0.3 is 5.11 Å². The molecule has 16 heavy (non-hydrogen) atoms. The summed E-state index contributed by atoms with van der Waals surface area (Å²) in [6, 6.07) is 2.01. The highest BCUT2D eigenvalue weighted by Crippen LogP contribution is 2.18. The van der Waals surface area contributed by atoms with E-state index in [9.17, 15) is 5.11 Å². The molecule has 2 aromatic rings. The van der Waals surface area contributed by atoms with E-state index in [0.717, 1.165) is 23.6 Å². The molecule has 0 saturated heterocycles. The van der Waals surface area contributed by atoms with Crippen molar-refractivity contribution in [2.24, 2.45) is 0 Å². The van der Waals surface area contributed by atoms with E-state index in [1.165, 1.54) is 11.3 Å². The molecule has 0 radical (unpaired) electrons. The summed E-state index contributed by atoms with van der Waals surface area (Å²) in [6.45, 7) is 4.84. The SMILES string of the molecule is CCn1nc(C)cc1CC(O)c1cscn1. The molecule has 1 unspecified atom stereocenters. The molecule has 86 valence electrons. The van der Waals surface area contributed by atoms with Gasteiger partial charge in [0.2, 0.25) is 0 Å². The Kier molecular flexibility index (Phi) is 3.36. The topological polar surface area (TPSA) is 50.9 Å². The van der Waals surface area contributed by atoms with Crippen LogP contribution < -0.4 is 0 Å². The molecule has 2 aromatic heterocycles. The molecule has 0 aliphatic heterocycles. The van der Waals surface area contributed by atoms with E-state index in [2.05, 4.69) is 10.1 Å². The Morgan fingerprint density at radius 3 is 3.00 bits per heavy atom. The number of aliphatic hydroxyl groups excluding tert-OH is 1. The second-order valence-electron chi connectivity index (χ2n) is 3.73. The molecule has 1 N–H and O–H groups in total. The lowest BCUT2D eigenvalue weighted by molar-refractivity contribution is 0.171. The van der Waals surface area contributed by atoms with Gasteiger partial charge in [-0.25, -0.2) is 4.98 Å². The normalized spacial score (nSPS) is 12.9. The summed E-state index contributed by atoms with van der Waals surface area (Å²) >= 11 is 1.50. The molecular formula is C11H15N3OS. The van der Waals surface area contributed by atoms with Crippen LogP contribution in [0.1, 0.15) is 30.1 Å². The molecule has 5 heteroatoms. The van der Waals surface area contributed by atoms with Crippen molar-refractivity contribution in [3.8, 4) is 0 Å². The summed E-state index contributed by atoms with van der Waals surface area (Å²) in [5, 5.41) is 16.2. The maximum Gasteiger partial charge on any atom is 0.102 e. The lowest BCUT2D eigenvalue weighted by atomic mass is 10.1. The second-order valence-corrected chi connectivity index (χ2v) is 4.44. The van der Waals surface area contributed by atoms with Crippen molar-refractivity contribution in [3.05, 3.63) is 34.0 Å². The average molecular weight is 237 g/mol. The van der Waals surface area contributed by atoms with Crippen molar-refractivity contribution >= 4 is 11.3 Å². The Hall–Kier alpha value is -1.20. The van der Waals surface area contributed by atoms with E-state index < -0.39 is 6.10 Å². The van der Waals surface area contributed by atoms with Crippen molar-refractivity contribution in [3.63, 3.8) is 0 Å². The van der Waals surface area contributed by atoms with Crippen LogP contribution >= 0.6 is 11.3 Å². The fourth-order valence-electron chi connectivity index (χ4n) is 1.73. The van der Waals surface area contributed by atoms with Crippen molar-refractivity contribution in [2.75, 3.05) is 0 Å². The van der Waals surface area contributed by atoms with Crippen LogP contribution in [0, 0.1) is 6.92 Å². The Balaban J connectivity index is 2.14. The third kappa shape index (κ3) is 2.31. The van der Waals surface area contributed by atoms with Crippen LogP contribution in [0.2, 0.25) is 0 Å². The van der Waals surface area contributed by atoms with Crippen LogP contribution in [-0.2, 0) is 13.0 Å². The first-order valence-electron chi connectivity index (χ1n) is 5.30. The molecule has 1 atom stereocenters. The Labute approximate surface area is 98.6 Å². The van der Waals surface area contributed by atoms with Gasteiger partial charge in [-0.3, -0.25) is 4.68 Å². The molecule has 2 rings (SSSR count). The number of rotatable bonds is 4. The van der Waals surface area contributed by atoms with Crippen molar-refractivity contribution in [1.29, 1.82) is 0 Å².